The molecule has 1 aromatic rings. The molecule has 0 bridgehead atoms. The zero-order valence-electron chi connectivity index (χ0n) is 13.4. The third-order valence-electron chi connectivity index (χ3n) is 3.95. The Kier molecular flexibility index (Phi) is 4.79. The molecule has 7 heteroatoms. The predicted octanol–water partition coefficient (Wildman–Crippen LogP) is 1.69. The molecule has 0 aliphatic heterocycles. The molecule has 1 aliphatic rings. The van der Waals surface area contributed by atoms with Crippen molar-refractivity contribution in [3.05, 3.63) is 29.8 Å². The molecule has 126 valence electrons. The predicted molar refractivity (Wildman–Crippen MR) is 82.6 cm³/mol. The second kappa shape index (κ2) is 6.31. The quantitative estimate of drug-likeness (QED) is 0.578. The molecule has 1 unspecified atom stereocenters. The van der Waals surface area contributed by atoms with Gasteiger partial charge in [-0.15, -0.1) is 0 Å². The van der Waals surface area contributed by atoms with Crippen molar-refractivity contribution in [3.63, 3.8) is 0 Å². The largest absolute Gasteiger partial charge is 0.465 e. The number of esters is 2. The summed E-state index contributed by atoms with van der Waals surface area (Å²) >= 11 is 0. The molecule has 1 aliphatic carbocycles. The maximum atomic E-state index is 12.2. The summed E-state index contributed by atoms with van der Waals surface area (Å²) in [6, 6.07) is 6.20. The first-order chi connectivity index (χ1) is 10.8. The van der Waals surface area contributed by atoms with Crippen LogP contribution in [0.4, 0.5) is 0 Å². The van der Waals surface area contributed by atoms with Gasteiger partial charge in [0, 0.05) is 12.2 Å². The topological polar surface area (TPSA) is 86.7 Å². The van der Waals surface area contributed by atoms with Crippen molar-refractivity contribution in [1.82, 2.24) is 0 Å². The highest BCUT2D eigenvalue weighted by molar-refractivity contribution is 7.90. The molecule has 0 aromatic heterocycles. The van der Waals surface area contributed by atoms with Crippen molar-refractivity contribution in [2.75, 3.05) is 19.5 Å². The second-order valence-electron chi connectivity index (χ2n) is 5.51. The van der Waals surface area contributed by atoms with E-state index in [1.165, 1.54) is 12.1 Å². The van der Waals surface area contributed by atoms with Crippen LogP contribution in [0.1, 0.15) is 31.7 Å². The van der Waals surface area contributed by atoms with Crippen LogP contribution in [0.15, 0.2) is 29.2 Å². The molecular weight excluding hydrogens is 320 g/mol. The molecule has 1 aromatic carbocycles. The SMILES string of the molecule is CCOC(=O)C1(C(=O)OCC)CC1c1ccc(S(C)(=O)=O)cc1. The van der Waals surface area contributed by atoms with Gasteiger partial charge in [-0.05, 0) is 38.0 Å². The maximum absolute atomic E-state index is 12.2. The minimum Gasteiger partial charge on any atom is -0.465 e. The van der Waals surface area contributed by atoms with Crippen LogP contribution in [-0.4, -0.2) is 39.8 Å². The van der Waals surface area contributed by atoms with Crippen molar-refractivity contribution < 1.29 is 27.5 Å². The number of sulfone groups is 1. The highest BCUT2D eigenvalue weighted by Gasteiger charge is 2.68. The van der Waals surface area contributed by atoms with E-state index in [1.54, 1.807) is 26.0 Å². The highest BCUT2D eigenvalue weighted by Crippen LogP contribution is 2.60. The molecule has 1 fully saturated rings. The number of carbonyl (C=O) groups is 2. The van der Waals surface area contributed by atoms with Crippen molar-refractivity contribution in [3.8, 4) is 0 Å². The Labute approximate surface area is 135 Å². The van der Waals surface area contributed by atoms with Gasteiger partial charge in [0.2, 0.25) is 0 Å². The summed E-state index contributed by atoms with van der Waals surface area (Å²) in [5, 5.41) is 0. The first kappa shape index (κ1) is 17.5. The van der Waals surface area contributed by atoms with Crippen LogP contribution in [-0.2, 0) is 28.9 Å². The second-order valence-corrected chi connectivity index (χ2v) is 7.53. The minimum absolute atomic E-state index is 0.180. The smallest absolute Gasteiger partial charge is 0.324 e. The van der Waals surface area contributed by atoms with Gasteiger partial charge in [-0.2, -0.15) is 0 Å². The zero-order chi connectivity index (χ0) is 17.3. The van der Waals surface area contributed by atoms with Gasteiger partial charge in [0.1, 0.15) is 0 Å². The number of hydrogen-bond donors (Lipinski definition) is 0. The Hall–Kier alpha value is -1.89. The van der Waals surface area contributed by atoms with Crippen LogP contribution >= 0.6 is 0 Å². The van der Waals surface area contributed by atoms with Crippen molar-refractivity contribution in [2.45, 2.75) is 31.1 Å². The van der Waals surface area contributed by atoms with E-state index < -0.39 is 27.2 Å². The lowest BCUT2D eigenvalue weighted by Gasteiger charge is -2.15. The van der Waals surface area contributed by atoms with Crippen molar-refractivity contribution in [2.24, 2.45) is 5.41 Å². The van der Waals surface area contributed by atoms with E-state index in [0.29, 0.717) is 6.42 Å². The van der Waals surface area contributed by atoms with Gasteiger partial charge in [0.25, 0.3) is 0 Å². The third kappa shape index (κ3) is 3.24. The minimum atomic E-state index is -3.29. The molecule has 0 N–H and O–H groups in total. The van der Waals surface area contributed by atoms with E-state index in [1.807, 2.05) is 0 Å². The molecule has 0 heterocycles. The molecule has 0 spiro atoms. The number of rotatable bonds is 6. The third-order valence-corrected chi connectivity index (χ3v) is 5.08. The molecule has 1 atom stereocenters. The molecule has 6 nitrogen and oxygen atoms in total. The summed E-state index contributed by atoms with van der Waals surface area (Å²) in [6.07, 6.45) is 1.43. The van der Waals surface area contributed by atoms with E-state index in [9.17, 15) is 18.0 Å². The highest BCUT2D eigenvalue weighted by atomic mass is 32.2. The molecular formula is C16H20O6S. The molecule has 0 radical (unpaired) electrons. The summed E-state index contributed by atoms with van der Waals surface area (Å²) in [5.74, 6) is -1.53. The van der Waals surface area contributed by atoms with Gasteiger partial charge in [0.15, 0.2) is 15.3 Å². The molecule has 0 saturated heterocycles. The van der Waals surface area contributed by atoms with Crippen LogP contribution in [0.25, 0.3) is 0 Å². The monoisotopic (exact) mass is 340 g/mol. The number of hydrogen-bond acceptors (Lipinski definition) is 6. The van der Waals surface area contributed by atoms with Crippen LogP contribution in [0, 0.1) is 5.41 Å². The van der Waals surface area contributed by atoms with Crippen molar-refractivity contribution in [1.29, 1.82) is 0 Å². The maximum Gasteiger partial charge on any atom is 0.324 e. The lowest BCUT2D eigenvalue weighted by atomic mass is 9.99. The fourth-order valence-corrected chi connectivity index (χ4v) is 3.30. The summed E-state index contributed by atoms with van der Waals surface area (Å²) in [4.78, 5) is 24.7. The van der Waals surface area contributed by atoms with Gasteiger partial charge in [-0.25, -0.2) is 8.42 Å². The van der Waals surface area contributed by atoms with Gasteiger partial charge in [-0.3, -0.25) is 9.59 Å². The van der Waals surface area contributed by atoms with Gasteiger partial charge in [0.05, 0.1) is 18.1 Å². The standard InChI is InChI=1S/C16H20O6S/c1-4-21-14(17)16(15(18)22-5-2)10-13(16)11-6-8-12(9-7-11)23(3,19)20/h6-9,13H,4-5,10H2,1-3H3. The molecule has 1 saturated carbocycles. The molecule has 23 heavy (non-hydrogen) atoms. The Morgan fingerprint density at radius 3 is 1.96 bits per heavy atom. The lowest BCUT2D eigenvalue weighted by molar-refractivity contribution is -0.164. The first-order valence-electron chi connectivity index (χ1n) is 7.41. The Bertz CT molecular complexity index is 687. The van der Waals surface area contributed by atoms with Crippen molar-refractivity contribution >= 4 is 21.8 Å². The van der Waals surface area contributed by atoms with E-state index in [0.717, 1.165) is 11.8 Å². The van der Waals surface area contributed by atoms with E-state index in [-0.39, 0.29) is 24.0 Å². The summed E-state index contributed by atoms with van der Waals surface area (Å²) < 4.78 is 33.1. The zero-order valence-corrected chi connectivity index (χ0v) is 14.2. The first-order valence-corrected chi connectivity index (χ1v) is 9.31. The van der Waals surface area contributed by atoms with Gasteiger partial charge < -0.3 is 9.47 Å². The Morgan fingerprint density at radius 1 is 1.09 bits per heavy atom. The van der Waals surface area contributed by atoms with Gasteiger partial charge >= 0.3 is 11.9 Å². The Balaban J connectivity index is 2.29. The summed E-state index contributed by atoms with van der Waals surface area (Å²) in [7, 11) is -3.29. The normalized spacial score (nSPS) is 19.0. The number of benzene rings is 1. The number of ether oxygens (including phenoxy) is 2. The van der Waals surface area contributed by atoms with E-state index in [4.69, 9.17) is 9.47 Å². The number of carbonyl (C=O) groups excluding carboxylic acids is 2. The average Bonchev–Trinajstić information content (AvgIpc) is 3.24. The van der Waals surface area contributed by atoms with Crippen LogP contribution in [0.2, 0.25) is 0 Å². The lowest BCUT2D eigenvalue weighted by Crippen LogP contribution is -2.31. The van der Waals surface area contributed by atoms with Gasteiger partial charge in [-0.1, -0.05) is 12.1 Å². The fraction of sp³-hybridized carbons (Fsp3) is 0.500. The molecule has 0 amide bonds. The fourth-order valence-electron chi connectivity index (χ4n) is 2.67. The average molecular weight is 340 g/mol. The Morgan fingerprint density at radius 2 is 1.57 bits per heavy atom. The molecule has 2 rings (SSSR count). The summed E-state index contributed by atoms with van der Waals surface area (Å²) in [6.45, 7) is 3.71. The summed E-state index contributed by atoms with van der Waals surface area (Å²) in [5.41, 5.74) is -0.586. The van der Waals surface area contributed by atoms with Crippen LogP contribution in [0.5, 0.6) is 0 Å². The van der Waals surface area contributed by atoms with E-state index >= 15 is 0 Å². The van der Waals surface area contributed by atoms with Crippen LogP contribution in [0.3, 0.4) is 0 Å². The van der Waals surface area contributed by atoms with Crippen LogP contribution < -0.4 is 0 Å². The van der Waals surface area contributed by atoms with E-state index in [2.05, 4.69) is 0 Å².